The van der Waals surface area contributed by atoms with E-state index in [4.69, 9.17) is 5.11 Å². The smallest absolute Gasteiger partial charge is 0.322 e. The molecule has 1 aliphatic rings. The highest BCUT2D eigenvalue weighted by molar-refractivity contribution is 7.89. The Labute approximate surface area is 95.8 Å². The van der Waals surface area contributed by atoms with Crippen molar-refractivity contribution in [3.8, 4) is 0 Å². The summed E-state index contributed by atoms with van der Waals surface area (Å²) in [6.07, 6.45) is 4.05. The van der Waals surface area contributed by atoms with Gasteiger partial charge in [-0.2, -0.15) is 4.31 Å². The third-order valence-electron chi connectivity index (χ3n) is 2.67. The van der Waals surface area contributed by atoms with E-state index in [0.29, 0.717) is 13.0 Å². The Bertz CT molecular complexity index is 363. The zero-order chi connectivity index (χ0) is 12.2. The highest BCUT2D eigenvalue weighted by Crippen LogP contribution is 2.20. The predicted molar refractivity (Wildman–Crippen MR) is 60.6 cm³/mol. The number of carbonyl (C=O) groups is 1. The van der Waals surface area contributed by atoms with E-state index in [9.17, 15) is 13.2 Å². The Morgan fingerprint density at radius 1 is 1.44 bits per heavy atom. The van der Waals surface area contributed by atoms with Gasteiger partial charge in [0, 0.05) is 6.54 Å². The lowest BCUT2D eigenvalue weighted by Gasteiger charge is -2.25. The van der Waals surface area contributed by atoms with Crippen LogP contribution in [0, 0.1) is 0 Å². The minimum absolute atomic E-state index is 0.198. The van der Waals surface area contributed by atoms with Gasteiger partial charge in [0.2, 0.25) is 10.0 Å². The van der Waals surface area contributed by atoms with Crippen LogP contribution in [0.5, 0.6) is 0 Å². The molecule has 0 aliphatic carbocycles. The van der Waals surface area contributed by atoms with Gasteiger partial charge in [0.1, 0.15) is 6.04 Å². The minimum atomic E-state index is -3.52. The Kier molecular flexibility index (Phi) is 4.49. The molecule has 0 aromatic carbocycles. The SMILES string of the molecule is C=CCS(=O)(=O)N1CCCCCC1C(=O)O. The van der Waals surface area contributed by atoms with Crippen LogP contribution in [-0.4, -0.2) is 42.1 Å². The summed E-state index contributed by atoms with van der Waals surface area (Å²) in [4.78, 5) is 11.0. The second-order valence-corrected chi connectivity index (χ2v) is 5.85. The van der Waals surface area contributed by atoms with Crippen molar-refractivity contribution in [3.05, 3.63) is 12.7 Å². The van der Waals surface area contributed by atoms with Crippen LogP contribution < -0.4 is 0 Å². The van der Waals surface area contributed by atoms with Gasteiger partial charge in [0.15, 0.2) is 0 Å². The Morgan fingerprint density at radius 3 is 2.69 bits per heavy atom. The van der Waals surface area contributed by atoms with Crippen LogP contribution in [0.2, 0.25) is 0 Å². The van der Waals surface area contributed by atoms with Crippen molar-refractivity contribution in [2.75, 3.05) is 12.3 Å². The summed E-state index contributed by atoms with van der Waals surface area (Å²) >= 11 is 0. The van der Waals surface area contributed by atoms with Crippen LogP contribution in [-0.2, 0) is 14.8 Å². The molecule has 16 heavy (non-hydrogen) atoms. The maximum atomic E-state index is 11.8. The van der Waals surface area contributed by atoms with Gasteiger partial charge < -0.3 is 5.11 Å². The molecular formula is C10H17NO4S. The lowest BCUT2D eigenvalue weighted by molar-refractivity contribution is -0.141. The van der Waals surface area contributed by atoms with Gasteiger partial charge in [-0.1, -0.05) is 18.9 Å². The highest BCUT2D eigenvalue weighted by atomic mass is 32.2. The topological polar surface area (TPSA) is 74.7 Å². The lowest BCUT2D eigenvalue weighted by Crippen LogP contribution is -2.45. The van der Waals surface area contributed by atoms with Crippen LogP contribution in [0.25, 0.3) is 0 Å². The van der Waals surface area contributed by atoms with Crippen LogP contribution in [0.3, 0.4) is 0 Å². The first-order valence-corrected chi connectivity index (χ1v) is 6.93. The third-order valence-corrected chi connectivity index (χ3v) is 4.48. The number of aliphatic carboxylic acids is 1. The molecule has 5 nitrogen and oxygen atoms in total. The maximum absolute atomic E-state index is 11.8. The van der Waals surface area contributed by atoms with Gasteiger partial charge in [0.05, 0.1) is 5.75 Å². The standard InChI is InChI=1S/C10H17NO4S/c1-2-8-16(14,15)11-7-5-3-4-6-9(11)10(12)13/h2,9H,1,3-8H2,(H,12,13). The van der Waals surface area contributed by atoms with E-state index in [1.807, 2.05) is 0 Å². The van der Waals surface area contributed by atoms with Gasteiger partial charge in [-0.05, 0) is 12.8 Å². The summed E-state index contributed by atoms with van der Waals surface area (Å²) in [5, 5.41) is 9.03. The fourth-order valence-electron chi connectivity index (χ4n) is 1.91. The van der Waals surface area contributed by atoms with Crippen LogP contribution in [0.15, 0.2) is 12.7 Å². The van der Waals surface area contributed by atoms with Crippen molar-refractivity contribution in [1.82, 2.24) is 4.31 Å². The van der Waals surface area contributed by atoms with Gasteiger partial charge in [0.25, 0.3) is 0 Å². The summed E-state index contributed by atoms with van der Waals surface area (Å²) in [5.74, 6) is -1.26. The molecule has 0 aromatic rings. The summed E-state index contributed by atoms with van der Waals surface area (Å²) in [7, 11) is -3.52. The highest BCUT2D eigenvalue weighted by Gasteiger charge is 2.34. The molecule has 0 radical (unpaired) electrons. The predicted octanol–water partition coefficient (Wildman–Crippen LogP) is 0.831. The Balaban J connectivity index is 2.95. The monoisotopic (exact) mass is 247 g/mol. The van der Waals surface area contributed by atoms with Crippen molar-refractivity contribution in [2.24, 2.45) is 0 Å². The average molecular weight is 247 g/mol. The Morgan fingerprint density at radius 2 is 2.12 bits per heavy atom. The number of hydrogen-bond donors (Lipinski definition) is 1. The molecule has 0 bridgehead atoms. The molecule has 1 rings (SSSR count). The number of carboxylic acid groups (broad SMARTS) is 1. The minimum Gasteiger partial charge on any atom is -0.480 e. The molecular weight excluding hydrogens is 230 g/mol. The zero-order valence-corrected chi connectivity index (χ0v) is 9.95. The first-order valence-electron chi connectivity index (χ1n) is 5.32. The molecule has 0 saturated carbocycles. The van der Waals surface area contributed by atoms with Crippen molar-refractivity contribution in [1.29, 1.82) is 0 Å². The van der Waals surface area contributed by atoms with Gasteiger partial charge in [-0.3, -0.25) is 4.79 Å². The molecule has 1 fully saturated rings. The van der Waals surface area contributed by atoms with Crippen LogP contribution >= 0.6 is 0 Å². The van der Waals surface area contributed by atoms with Crippen LogP contribution in [0.4, 0.5) is 0 Å². The molecule has 92 valence electrons. The molecule has 1 saturated heterocycles. The summed E-state index contributed by atoms with van der Waals surface area (Å²) in [6.45, 7) is 3.68. The second-order valence-electron chi connectivity index (χ2n) is 3.88. The van der Waals surface area contributed by atoms with E-state index in [2.05, 4.69) is 6.58 Å². The van der Waals surface area contributed by atoms with Gasteiger partial charge in [-0.25, -0.2) is 8.42 Å². The Hall–Kier alpha value is -0.880. The summed E-state index contributed by atoms with van der Waals surface area (Å²) < 4.78 is 24.8. The van der Waals surface area contributed by atoms with Crippen LogP contribution in [0.1, 0.15) is 25.7 Å². The molecule has 0 spiro atoms. The average Bonchev–Trinajstić information content (AvgIpc) is 2.42. The molecule has 1 aliphatic heterocycles. The molecule has 0 amide bonds. The number of nitrogens with zero attached hydrogens (tertiary/aromatic N) is 1. The fourth-order valence-corrected chi connectivity index (χ4v) is 3.39. The van der Waals surface area contributed by atoms with Crippen molar-refractivity contribution >= 4 is 16.0 Å². The summed E-state index contributed by atoms with van der Waals surface area (Å²) in [5.41, 5.74) is 0. The zero-order valence-electron chi connectivity index (χ0n) is 9.13. The number of hydrogen-bond acceptors (Lipinski definition) is 3. The van der Waals surface area contributed by atoms with E-state index in [0.717, 1.165) is 23.6 Å². The summed E-state index contributed by atoms with van der Waals surface area (Å²) in [6, 6.07) is -0.910. The molecule has 1 N–H and O–H groups in total. The molecule has 6 heteroatoms. The van der Waals surface area contributed by atoms with Crippen molar-refractivity contribution in [2.45, 2.75) is 31.7 Å². The van der Waals surface area contributed by atoms with Crippen molar-refractivity contribution < 1.29 is 18.3 Å². The normalized spacial score (nSPS) is 23.6. The van der Waals surface area contributed by atoms with E-state index < -0.39 is 22.0 Å². The quantitative estimate of drug-likeness (QED) is 0.747. The third kappa shape index (κ3) is 3.05. The molecule has 0 aromatic heterocycles. The lowest BCUT2D eigenvalue weighted by atomic mass is 10.1. The molecule has 1 atom stereocenters. The molecule has 1 unspecified atom stereocenters. The van der Waals surface area contributed by atoms with Crippen molar-refractivity contribution in [3.63, 3.8) is 0 Å². The van der Waals surface area contributed by atoms with E-state index in [1.165, 1.54) is 6.08 Å². The van der Waals surface area contributed by atoms with Gasteiger partial charge >= 0.3 is 5.97 Å². The number of carboxylic acids is 1. The van der Waals surface area contributed by atoms with E-state index >= 15 is 0 Å². The van der Waals surface area contributed by atoms with E-state index in [1.54, 1.807) is 0 Å². The number of sulfonamides is 1. The first-order chi connectivity index (χ1) is 7.49. The second kappa shape index (κ2) is 5.45. The first kappa shape index (κ1) is 13.2. The van der Waals surface area contributed by atoms with E-state index in [-0.39, 0.29) is 5.75 Å². The largest absolute Gasteiger partial charge is 0.480 e. The fraction of sp³-hybridized carbons (Fsp3) is 0.700. The number of rotatable bonds is 4. The van der Waals surface area contributed by atoms with Gasteiger partial charge in [-0.15, -0.1) is 6.58 Å². The maximum Gasteiger partial charge on any atom is 0.322 e. The molecule has 1 heterocycles.